The number of nitrogens with zero attached hydrogens (tertiary/aromatic N) is 1. The zero-order chi connectivity index (χ0) is 15.2. The van der Waals surface area contributed by atoms with Gasteiger partial charge in [0.25, 0.3) is 0 Å². The van der Waals surface area contributed by atoms with Crippen LogP contribution in [0.1, 0.15) is 36.4 Å². The number of nitrogens with one attached hydrogen (secondary N) is 2. The minimum atomic E-state index is 0.00207. The van der Waals surface area contributed by atoms with Crippen LogP contribution in [-0.2, 0) is 11.2 Å². The van der Waals surface area contributed by atoms with Gasteiger partial charge in [0, 0.05) is 12.3 Å². The first-order valence-electron chi connectivity index (χ1n) is 7.81. The van der Waals surface area contributed by atoms with Crippen molar-refractivity contribution in [2.75, 3.05) is 18.4 Å². The highest BCUT2D eigenvalue weighted by Crippen LogP contribution is 2.29. The third-order valence-electron chi connectivity index (χ3n) is 4.08. The number of aryl methyl sites for hydroxylation is 1. The van der Waals surface area contributed by atoms with Crippen LogP contribution in [0.25, 0.3) is 0 Å². The number of piperidine rings is 1. The van der Waals surface area contributed by atoms with Crippen molar-refractivity contribution in [1.29, 1.82) is 0 Å². The monoisotopic (exact) mass is 299 g/mol. The van der Waals surface area contributed by atoms with Gasteiger partial charge in [0.2, 0.25) is 5.91 Å². The Balaban J connectivity index is 1.56. The minimum absolute atomic E-state index is 0.00207. The number of hydrogen-bond acceptors (Lipinski definition) is 4. The van der Waals surface area contributed by atoms with Gasteiger partial charge in [-0.15, -0.1) is 0 Å². The van der Waals surface area contributed by atoms with Crippen molar-refractivity contribution in [2.24, 2.45) is 0 Å². The van der Waals surface area contributed by atoms with E-state index in [1.807, 2.05) is 30.3 Å². The van der Waals surface area contributed by atoms with E-state index in [1.54, 1.807) is 0 Å². The molecule has 0 aliphatic carbocycles. The van der Waals surface area contributed by atoms with Crippen LogP contribution >= 0.6 is 0 Å². The second kappa shape index (κ2) is 7.22. The highest BCUT2D eigenvalue weighted by atomic mass is 16.5. The van der Waals surface area contributed by atoms with Crippen LogP contribution in [0.5, 0.6) is 0 Å². The van der Waals surface area contributed by atoms with Gasteiger partial charge in [0.05, 0.1) is 0 Å². The molecule has 3 rings (SSSR count). The van der Waals surface area contributed by atoms with E-state index in [4.69, 9.17) is 4.52 Å². The Kier molecular flexibility index (Phi) is 4.85. The number of hydrogen-bond donors (Lipinski definition) is 2. The van der Waals surface area contributed by atoms with Crippen molar-refractivity contribution in [3.8, 4) is 0 Å². The maximum Gasteiger partial charge on any atom is 0.224 e. The SMILES string of the molecule is O=C(CCc1ccccc1)Nc1conc1C1CCNCC1. The first kappa shape index (κ1) is 14.8. The molecule has 0 unspecified atom stereocenters. The van der Waals surface area contributed by atoms with Gasteiger partial charge in [-0.05, 0) is 37.9 Å². The van der Waals surface area contributed by atoms with Gasteiger partial charge < -0.3 is 15.2 Å². The van der Waals surface area contributed by atoms with Crippen molar-refractivity contribution in [3.05, 3.63) is 47.9 Å². The Labute approximate surface area is 130 Å². The van der Waals surface area contributed by atoms with Gasteiger partial charge in [-0.3, -0.25) is 4.79 Å². The molecule has 22 heavy (non-hydrogen) atoms. The molecule has 1 fully saturated rings. The largest absolute Gasteiger partial charge is 0.362 e. The maximum absolute atomic E-state index is 12.1. The predicted molar refractivity (Wildman–Crippen MR) is 84.7 cm³/mol. The van der Waals surface area contributed by atoms with E-state index < -0.39 is 0 Å². The van der Waals surface area contributed by atoms with Gasteiger partial charge in [0.15, 0.2) is 0 Å². The molecule has 1 saturated heterocycles. The minimum Gasteiger partial charge on any atom is -0.362 e. The first-order valence-corrected chi connectivity index (χ1v) is 7.81. The quantitative estimate of drug-likeness (QED) is 0.891. The van der Waals surface area contributed by atoms with Crippen molar-refractivity contribution in [1.82, 2.24) is 10.5 Å². The van der Waals surface area contributed by atoms with Crippen LogP contribution < -0.4 is 10.6 Å². The average molecular weight is 299 g/mol. The van der Waals surface area contributed by atoms with Crippen LogP contribution in [0.3, 0.4) is 0 Å². The molecule has 1 aromatic carbocycles. The van der Waals surface area contributed by atoms with Crippen molar-refractivity contribution >= 4 is 11.6 Å². The van der Waals surface area contributed by atoms with Crippen LogP contribution in [-0.4, -0.2) is 24.2 Å². The van der Waals surface area contributed by atoms with Gasteiger partial charge in [0.1, 0.15) is 17.6 Å². The van der Waals surface area contributed by atoms with Crippen molar-refractivity contribution in [2.45, 2.75) is 31.6 Å². The molecule has 0 atom stereocenters. The Hall–Kier alpha value is -2.14. The molecular formula is C17H21N3O2. The number of amides is 1. The molecule has 2 heterocycles. The fourth-order valence-corrected chi connectivity index (χ4v) is 2.84. The Bertz CT molecular complexity index is 603. The molecule has 0 saturated carbocycles. The van der Waals surface area contributed by atoms with Gasteiger partial charge >= 0.3 is 0 Å². The molecule has 1 amide bonds. The smallest absolute Gasteiger partial charge is 0.224 e. The lowest BCUT2D eigenvalue weighted by Crippen LogP contribution is -2.27. The number of rotatable bonds is 5. The number of anilines is 1. The lowest BCUT2D eigenvalue weighted by atomic mass is 9.94. The predicted octanol–water partition coefficient (Wildman–Crippen LogP) is 2.71. The standard InChI is InChI=1S/C17H21N3O2/c21-16(7-6-13-4-2-1-3-5-13)19-15-12-22-20-17(15)14-8-10-18-11-9-14/h1-5,12,14,18H,6-11H2,(H,19,21). The summed E-state index contributed by atoms with van der Waals surface area (Å²) in [5, 5.41) is 10.4. The zero-order valence-corrected chi connectivity index (χ0v) is 12.5. The van der Waals surface area contributed by atoms with E-state index in [2.05, 4.69) is 15.8 Å². The van der Waals surface area contributed by atoms with E-state index in [-0.39, 0.29) is 5.91 Å². The van der Waals surface area contributed by atoms with Gasteiger partial charge in [-0.1, -0.05) is 35.5 Å². The van der Waals surface area contributed by atoms with E-state index in [9.17, 15) is 4.79 Å². The van der Waals surface area contributed by atoms with E-state index in [0.717, 1.165) is 43.7 Å². The third kappa shape index (κ3) is 3.74. The fourth-order valence-electron chi connectivity index (χ4n) is 2.84. The molecule has 0 bridgehead atoms. The Morgan fingerprint density at radius 1 is 1.27 bits per heavy atom. The van der Waals surface area contributed by atoms with Crippen LogP contribution in [0.15, 0.2) is 41.1 Å². The Morgan fingerprint density at radius 3 is 2.82 bits per heavy atom. The van der Waals surface area contributed by atoms with Crippen LogP contribution in [0.4, 0.5) is 5.69 Å². The molecule has 116 valence electrons. The van der Waals surface area contributed by atoms with Crippen molar-refractivity contribution in [3.63, 3.8) is 0 Å². The summed E-state index contributed by atoms with van der Waals surface area (Å²) >= 11 is 0. The molecule has 5 heteroatoms. The number of carbonyl (C=O) groups excluding carboxylic acids is 1. The summed E-state index contributed by atoms with van der Waals surface area (Å²) in [7, 11) is 0. The summed E-state index contributed by atoms with van der Waals surface area (Å²) in [5.74, 6) is 0.367. The molecule has 0 spiro atoms. The summed E-state index contributed by atoms with van der Waals surface area (Å²) < 4.78 is 5.08. The molecule has 1 aliphatic rings. The lowest BCUT2D eigenvalue weighted by molar-refractivity contribution is -0.116. The Morgan fingerprint density at radius 2 is 2.05 bits per heavy atom. The van der Waals surface area contributed by atoms with E-state index in [1.165, 1.54) is 11.8 Å². The van der Waals surface area contributed by atoms with Crippen molar-refractivity contribution < 1.29 is 9.32 Å². The average Bonchev–Trinajstić information content (AvgIpc) is 3.03. The van der Waals surface area contributed by atoms with Crippen LogP contribution in [0.2, 0.25) is 0 Å². The zero-order valence-electron chi connectivity index (χ0n) is 12.5. The third-order valence-corrected chi connectivity index (χ3v) is 4.08. The first-order chi connectivity index (χ1) is 10.8. The summed E-state index contributed by atoms with van der Waals surface area (Å²) in [6.07, 6.45) is 4.79. The second-order valence-corrected chi connectivity index (χ2v) is 5.67. The van der Waals surface area contributed by atoms with E-state index >= 15 is 0 Å². The molecular weight excluding hydrogens is 278 g/mol. The molecule has 1 aliphatic heterocycles. The number of benzene rings is 1. The number of carbonyl (C=O) groups is 1. The number of aromatic nitrogens is 1. The highest BCUT2D eigenvalue weighted by Gasteiger charge is 2.22. The maximum atomic E-state index is 12.1. The molecule has 5 nitrogen and oxygen atoms in total. The summed E-state index contributed by atoms with van der Waals surface area (Å²) in [5.41, 5.74) is 2.78. The normalized spacial score (nSPS) is 15.6. The highest BCUT2D eigenvalue weighted by molar-refractivity contribution is 5.91. The summed E-state index contributed by atoms with van der Waals surface area (Å²) in [4.78, 5) is 12.1. The molecule has 2 aromatic rings. The fraction of sp³-hybridized carbons (Fsp3) is 0.412. The molecule has 1 aromatic heterocycles. The topological polar surface area (TPSA) is 67.2 Å². The second-order valence-electron chi connectivity index (χ2n) is 5.67. The summed E-state index contributed by atoms with van der Waals surface area (Å²) in [6, 6.07) is 10.0. The molecule has 2 N–H and O–H groups in total. The summed E-state index contributed by atoms with van der Waals surface area (Å²) in [6.45, 7) is 1.97. The lowest BCUT2D eigenvalue weighted by Gasteiger charge is -2.21. The van der Waals surface area contributed by atoms with Gasteiger partial charge in [-0.2, -0.15) is 0 Å². The van der Waals surface area contributed by atoms with Gasteiger partial charge in [-0.25, -0.2) is 0 Å². The molecule has 0 radical (unpaired) electrons. The van der Waals surface area contributed by atoms with E-state index in [0.29, 0.717) is 12.3 Å². The van der Waals surface area contributed by atoms with Crippen LogP contribution in [0, 0.1) is 0 Å².